The van der Waals surface area contributed by atoms with Gasteiger partial charge in [0, 0.05) is 24.5 Å². The Balaban J connectivity index is 1.79. The summed E-state index contributed by atoms with van der Waals surface area (Å²) in [6.07, 6.45) is 4.56. The first-order valence-corrected chi connectivity index (χ1v) is 8.03. The number of ether oxygens (including phenoxy) is 1. The van der Waals surface area contributed by atoms with Crippen LogP contribution in [0.25, 0.3) is 0 Å². The maximum absolute atomic E-state index is 12.0. The summed E-state index contributed by atoms with van der Waals surface area (Å²) in [4.78, 5) is 37.6. The molecule has 6 heteroatoms. The van der Waals surface area contributed by atoms with Crippen molar-refractivity contribution in [3.8, 4) is 0 Å². The lowest BCUT2D eigenvalue weighted by molar-refractivity contribution is -0.152. The molecule has 0 aromatic carbocycles. The second-order valence-electron chi connectivity index (χ2n) is 7.29. The third kappa shape index (κ3) is 4.45. The van der Waals surface area contributed by atoms with Crippen LogP contribution in [0.1, 0.15) is 52.9 Å². The SMILES string of the molecule is CC(C)(C)NC(=O)COC(=O)[C@@H]1CC(=O)N(C2CCCC2)C1. The monoisotopic (exact) mass is 310 g/mol. The van der Waals surface area contributed by atoms with E-state index in [-0.39, 0.29) is 36.4 Å². The van der Waals surface area contributed by atoms with Crippen molar-refractivity contribution in [2.75, 3.05) is 13.2 Å². The van der Waals surface area contributed by atoms with Gasteiger partial charge < -0.3 is 15.0 Å². The minimum atomic E-state index is -0.446. The zero-order valence-electron chi connectivity index (χ0n) is 13.7. The summed E-state index contributed by atoms with van der Waals surface area (Å²) in [6.45, 7) is 5.74. The van der Waals surface area contributed by atoms with Gasteiger partial charge in [0.15, 0.2) is 6.61 Å². The van der Waals surface area contributed by atoms with Crippen molar-refractivity contribution in [3.05, 3.63) is 0 Å². The van der Waals surface area contributed by atoms with Crippen LogP contribution in [0.3, 0.4) is 0 Å². The molecule has 1 saturated carbocycles. The van der Waals surface area contributed by atoms with Crippen molar-refractivity contribution in [2.45, 2.75) is 64.5 Å². The van der Waals surface area contributed by atoms with Crippen LogP contribution in [0.2, 0.25) is 0 Å². The average Bonchev–Trinajstić information content (AvgIpc) is 3.02. The van der Waals surface area contributed by atoms with Gasteiger partial charge in [-0.2, -0.15) is 0 Å². The molecule has 22 heavy (non-hydrogen) atoms. The predicted octanol–water partition coefficient (Wildman–Crippen LogP) is 1.24. The van der Waals surface area contributed by atoms with Crippen LogP contribution in [0.4, 0.5) is 0 Å². The van der Waals surface area contributed by atoms with Crippen LogP contribution in [0.15, 0.2) is 0 Å². The van der Waals surface area contributed by atoms with Crippen molar-refractivity contribution in [1.29, 1.82) is 0 Å². The molecule has 1 heterocycles. The molecule has 0 bridgehead atoms. The summed E-state index contributed by atoms with van der Waals surface area (Å²) in [5, 5.41) is 2.73. The molecule has 0 spiro atoms. The van der Waals surface area contributed by atoms with Gasteiger partial charge in [0.25, 0.3) is 5.91 Å². The van der Waals surface area contributed by atoms with Crippen LogP contribution in [0, 0.1) is 5.92 Å². The molecular formula is C16H26N2O4. The Kier molecular flexibility index (Phi) is 5.08. The van der Waals surface area contributed by atoms with Crippen molar-refractivity contribution in [2.24, 2.45) is 5.92 Å². The number of likely N-dealkylation sites (tertiary alicyclic amines) is 1. The largest absolute Gasteiger partial charge is 0.455 e. The molecule has 2 aliphatic rings. The van der Waals surface area contributed by atoms with Gasteiger partial charge in [-0.25, -0.2) is 0 Å². The van der Waals surface area contributed by atoms with Crippen LogP contribution < -0.4 is 5.32 Å². The minimum absolute atomic E-state index is 0.0352. The van der Waals surface area contributed by atoms with E-state index in [1.54, 1.807) is 0 Å². The van der Waals surface area contributed by atoms with Gasteiger partial charge in [-0.3, -0.25) is 14.4 Å². The van der Waals surface area contributed by atoms with E-state index >= 15 is 0 Å². The summed E-state index contributed by atoms with van der Waals surface area (Å²) in [7, 11) is 0. The Hall–Kier alpha value is -1.59. The molecule has 1 aliphatic carbocycles. The van der Waals surface area contributed by atoms with Crippen molar-refractivity contribution >= 4 is 17.8 Å². The summed E-state index contributed by atoms with van der Waals surface area (Å²) in [6, 6.07) is 0.287. The van der Waals surface area contributed by atoms with Gasteiger partial charge in [0.05, 0.1) is 5.92 Å². The quantitative estimate of drug-likeness (QED) is 0.793. The maximum Gasteiger partial charge on any atom is 0.311 e. The van der Waals surface area contributed by atoms with Gasteiger partial charge in [0.1, 0.15) is 0 Å². The number of esters is 1. The lowest BCUT2D eigenvalue weighted by Gasteiger charge is -2.23. The molecule has 6 nitrogen and oxygen atoms in total. The molecule has 0 unspecified atom stereocenters. The normalized spacial score (nSPS) is 23.0. The molecule has 0 radical (unpaired) electrons. The highest BCUT2D eigenvalue weighted by molar-refractivity contribution is 5.88. The first-order valence-electron chi connectivity index (χ1n) is 8.03. The fourth-order valence-corrected chi connectivity index (χ4v) is 3.17. The number of carbonyl (C=O) groups is 3. The van der Waals surface area contributed by atoms with Crippen LogP contribution >= 0.6 is 0 Å². The van der Waals surface area contributed by atoms with E-state index in [1.165, 1.54) is 0 Å². The number of hydrogen-bond acceptors (Lipinski definition) is 4. The number of rotatable bonds is 4. The van der Waals surface area contributed by atoms with Crippen molar-refractivity contribution in [1.82, 2.24) is 10.2 Å². The van der Waals surface area contributed by atoms with E-state index in [1.807, 2.05) is 25.7 Å². The molecule has 2 amide bonds. The topological polar surface area (TPSA) is 75.7 Å². The van der Waals surface area contributed by atoms with Crippen LogP contribution in [-0.2, 0) is 19.1 Å². The van der Waals surface area contributed by atoms with Gasteiger partial charge in [-0.05, 0) is 33.6 Å². The molecule has 1 N–H and O–H groups in total. The van der Waals surface area contributed by atoms with Crippen molar-refractivity contribution < 1.29 is 19.1 Å². The zero-order chi connectivity index (χ0) is 16.3. The lowest BCUT2D eigenvalue weighted by atomic mass is 10.1. The standard InChI is InChI=1S/C16H26N2O4/c1-16(2,3)17-13(19)10-22-15(21)11-8-14(20)18(9-11)12-6-4-5-7-12/h11-12H,4-10H2,1-3H3,(H,17,19)/t11-/m1/s1. The Bertz CT molecular complexity index is 450. The van der Waals surface area contributed by atoms with E-state index in [0.29, 0.717) is 6.54 Å². The summed E-state index contributed by atoms with van der Waals surface area (Å²) in [5.74, 6) is -1.17. The Morgan fingerprint density at radius 1 is 1.27 bits per heavy atom. The maximum atomic E-state index is 12.0. The van der Waals surface area contributed by atoms with Crippen molar-refractivity contribution in [3.63, 3.8) is 0 Å². The molecule has 0 aromatic heterocycles. The average molecular weight is 310 g/mol. The van der Waals surface area contributed by atoms with Gasteiger partial charge >= 0.3 is 5.97 Å². The summed E-state index contributed by atoms with van der Waals surface area (Å²) >= 11 is 0. The third-order valence-corrected chi connectivity index (χ3v) is 4.12. The molecular weight excluding hydrogens is 284 g/mol. The smallest absolute Gasteiger partial charge is 0.311 e. The van der Waals surface area contributed by atoms with Gasteiger partial charge in [0.2, 0.25) is 5.91 Å². The second-order valence-corrected chi connectivity index (χ2v) is 7.29. The van der Waals surface area contributed by atoms with Gasteiger partial charge in [-0.15, -0.1) is 0 Å². The highest BCUT2D eigenvalue weighted by atomic mass is 16.5. The second kappa shape index (κ2) is 6.67. The van der Waals surface area contributed by atoms with E-state index in [4.69, 9.17) is 4.74 Å². The molecule has 1 atom stereocenters. The minimum Gasteiger partial charge on any atom is -0.455 e. The van der Waals surface area contributed by atoms with Crippen LogP contribution in [0.5, 0.6) is 0 Å². The molecule has 2 fully saturated rings. The Morgan fingerprint density at radius 3 is 2.50 bits per heavy atom. The Labute approximate surface area is 131 Å². The van der Waals surface area contributed by atoms with Gasteiger partial charge in [-0.1, -0.05) is 12.8 Å². The van der Waals surface area contributed by atoms with E-state index < -0.39 is 11.9 Å². The summed E-state index contributed by atoms with van der Waals surface area (Å²) < 4.78 is 5.06. The molecule has 0 aromatic rings. The van der Waals surface area contributed by atoms with E-state index in [0.717, 1.165) is 25.7 Å². The molecule has 1 aliphatic heterocycles. The van der Waals surface area contributed by atoms with E-state index in [9.17, 15) is 14.4 Å². The van der Waals surface area contributed by atoms with E-state index in [2.05, 4.69) is 5.32 Å². The fraction of sp³-hybridized carbons (Fsp3) is 0.812. The highest BCUT2D eigenvalue weighted by Gasteiger charge is 2.39. The number of nitrogens with zero attached hydrogens (tertiary/aromatic N) is 1. The fourth-order valence-electron chi connectivity index (χ4n) is 3.17. The van der Waals surface area contributed by atoms with Crippen LogP contribution in [-0.4, -0.2) is 47.4 Å². The molecule has 1 saturated heterocycles. The number of carbonyl (C=O) groups excluding carboxylic acids is 3. The Morgan fingerprint density at radius 2 is 1.91 bits per heavy atom. The zero-order valence-corrected chi connectivity index (χ0v) is 13.7. The highest BCUT2D eigenvalue weighted by Crippen LogP contribution is 2.29. The number of nitrogens with one attached hydrogen (secondary N) is 1. The first-order chi connectivity index (χ1) is 10.3. The lowest BCUT2D eigenvalue weighted by Crippen LogP contribution is -2.43. The molecule has 124 valence electrons. The molecule has 2 rings (SSSR count). The number of amides is 2. The predicted molar refractivity (Wildman–Crippen MR) is 80.9 cm³/mol. The summed E-state index contributed by atoms with van der Waals surface area (Å²) in [5.41, 5.74) is -0.355. The number of hydrogen-bond donors (Lipinski definition) is 1. The first kappa shape index (κ1) is 16.8. The third-order valence-electron chi connectivity index (χ3n) is 4.12.